The highest BCUT2D eigenvalue weighted by molar-refractivity contribution is 5.18. The van der Waals surface area contributed by atoms with Crippen LogP contribution < -0.4 is 5.32 Å². The molecule has 1 unspecified atom stereocenters. The van der Waals surface area contributed by atoms with Crippen molar-refractivity contribution in [3.05, 3.63) is 30.1 Å². The lowest BCUT2D eigenvalue weighted by molar-refractivity contribution is -0.0512. The number of alkyl halides is 2. The number of rotatable bonds is 2. The maximum atomic E-state index is 14.0. The molecule has 0 saturated carbocycles. The molecule has 0 bridgehead atoms. The third-order valence-corrected chi connectivity index (χ3v) is 2.81. The molecule has 0 aromatic carbocycles. The van der Waals surface area contributed by atoms with Gasteiger partial charge in [-0.05, 0) is 31.5 Å². The molecular formula is C11H14F2N2. The van der Waals surface area contributed by atoms with Gasteiger partial charge in [0.2, 0.25) is 0 Å². The van der Waals surface area contributed by atoms with Gasteiger partial charge in [-0.25, -0.2) is 0 Å². The van der Waals surface area contributed by atoms with Crippen molar-refractivity contribution >= 4 is 0 Å². The van der Waals surface area contributed by atoms with E-state index in [9.17, 15) is 8.78 Å². The molecule has 1 aromatic heterocycles. The molecule has 0 aliphatic carbocycles. The van der Waals surface area contributed by atoms with Gasteiger partial charge in [0, 0.05) is 18.0 Å². The lowest BCUT2D eigenvalue weighted by Crippen LogP contribution is -2.45. The number of halogens is 2. The van der Waals surface area contributed by atoms with Crippen LogP contribution in [0.5, 0.6) is 0 Å². The zero-order valence-electron chi connectivity index (χ0n) is 8.42. The average molecular weight is 212 g/mol. The summed E-state index contributed by atoms with van der Waals surface area (Å²) in [5.74, 6) is -2.79. The highest BCUT2D eigenvalue weighted by Gasteiger charge is 2.41. The van der Waals surface area contributed by atoms with Gasteiger partial charge in [-0.15, -0.1) is 0 Å². The first-order valence-electron chi connectivity index (χ1n) is 5.23. The van der Waals surface area contributed by atoms with Crippen molar-refractivity contribution in [1.29, 1.82) is 0 Å². The number of piperidine rings is 1. The van der Waals surface area contributed by atoms with Gasteiger partial charge < -0.3 is 5.32 Å². The summed E-state index contributed by atoms with van der Waals surface area (Å²) in [6.07, 6.45) is 5.22. The molecule has 2 nitrogen and oxygen atoms in total. The SMILES string of the molecule is FC(F)(c1ccncc1)C1CCCCN1. The Morgan fingerprint density at radius 2 is 2.00 bits per heavy atom. The van der Waals surface area contributed by atoms with Crippen LogP contribution in [0.4, 0.5) is 8.78 Å². The summed E-state index contributed by atoms with van der Waals surface area (Å²) in [4.78, 5) is 3.75. The Balaban J connectivity index is 2.18. The van der Waals surface area contributed by atoms with Crippen LogP contribution in [0.1, 0.15) is 24.8 Å². The largest absolute Gasteiger partial charge is 0.308 e. The second-order valence-corrected chi connectivity index (χ2v) is 3.86. The molecule has 1 fully saturated rings. The zero-order chi connectivity index (χ0) is 10.7. The fraction of sp³-hybridized carbons (Fsp3) is 0.545. The molecule has 1 aliphatic rings. The van der Waals surface area contributed by atoms with Crippen molar-refractivity contribution in [2.75, 3.05) is 6.54 Å². The minimum atomic E-state index is -2.79. The van der Waals surface area contributed by atoms with Crippen molar-refractivity contribution in [3.63, 3.8) is 0 Å². The monoisotopic (exact) mass is 212 g/mol. The maximum Gasteiger partial charge on any atom is 0.288 e. The van der Waals surface area contributed by atoms with Gasteiger partial charge in [0.15, 0.2) is 0 Å². The van der Waals surface area contributed by atoms with Gasteiger partial charge in [-0.3, -0.25) is 4.98 Å². The van der Waals surface area contributed by atoms with E-state index in [4.69, 9.17) is 0 Å². The lowest BCUT2D eigenvalue weighted by Gasteiger charge is -2.31. The molecular weight excluding hydrogens is 198 g/mol. The molecule has 1 aliphatic heterocycles. The van der Waals surface area contributed by atoms with Gasteiger partial charge in [-0.1, -0.05) is 6.42 Å². The van der Waals surface area contributed by atoms with Crippen LogP contribution in [0, 0.1) is 0 Å². The van der Waals surface area contributed by atoms with Crippen LogP contribution in [0.3, 0.4) is 0 Å². The molecule has 2 rings (SSSR count). The van der Waals surface area contributed by atoms with Gasteiger partial charge in [0.25, 0.3) is 5.92 Å². The summed E-state index contributed by atoms with van der Waals surface area (Å²) >= 11 is 0. The fourth-order valence-electron chi connectivity index (χ4n) is 1.94. The standard InChI is InChI=1S/C11H14F2N2/c12-11(13,9-4-7-14-8-5-9)10-3-1-2-6-15-10/h4-5,7-8,10,15H,1-3,6H2. The zero-order valence-corrected chi connectivity index (χ0v) is 8.42. The Kier molecular flexibility index (Phi) is 2.95. The quantitative estimate of drug-likeness (QED) is 0.813. The molecule has 15 heavy (non-hydrogen) atoms. The van der Waals surface area contributed by atoms with E-state index >= 15 is 0 Å². The number of nitrogens with one attached hydrogen (secondary N) is 1. The minimum absolute atomic E-state index is 0.0527. The number of aromatic nitrogens is 1. The minimum Gasteiger partial charge on any atom is -0.308 e. The second-order valence-electron chi connectivity index (χ2n) is 3.86. The van der Waals surface area contributed by atoms with Crippen LogP contribution in [-0.2, 0) is 5.92 Å². The van der Waals surface area contributed by atoms with E-state index in [-0.39, 0.29) is 5.56 Å². The maximum absolute atomic E-state index is 14.0. The first kappa shape index (κ1) is 10.5. The number of nitrogens with zero attached hydrogens (tertiary/aromatic N) is 1. The summed E-state index contributed by atoms with van der Waals surface area (Å²) in [5.41, 5.74) is 0.0527. The molecule has 0 spiro atoms. The summed E-state index contributed by atoms with van der Waals surface area (Å²) in [6, 6.07) is 2.04. The molecule has 1 N–H and O–H groups in total. The Morgan fingerprint density at radius 1 is 1.27 bits per heavy atom. The number of hydrogen-bond donors (Lipinski definition) is 1. The Bertz CT molecular complexity index is 308. The van der Waals surface area contributed by atoms with E-state index in [1.807, 2.05) is 0 Å². The van der Waals surface area contributed by atoms with E-state index < -0.39 is 12.0 Å². The Hall–Kier alpha value is -1.03. The van der Waals surface area contributed by atoms with Crippen molar-refractivity contribution in [3.8, 4) is 0 Å². The highest BCUT2D eigenvalue weighted by Crippen LogP contribution is 2.34. The topological polar surface area (TPSA) is 24.9 Å². The van der Waals surface area contributed by atoms with Crippen molar-refractivity contribution in [2.24, 2.45) is 0 Å². The summed E-state index contributed by atoms with van der Waals surface area (Å²) in [6.45, 7) is 0.686. The lowest BCUT2D eigenvalue weighted by atomic mass is 9.94. The Labute approximate surface area is 87.7 Å². The first-order valence-corrected chi connectivity index (χ1v) is 5.23. The molecule has 1 atom stereocenters. The summed E-state index contributed by atoms with van der Waals surface area (Å²) in [7, 11) is 0. The molecule has 0 amide bonds. The van der Waals surface area contributed by atoms with Gasteiger partial charge in [0.05, 0.1) is 6.04 Å². The first-order chi connectivity index (χ1) is 7.21. The smallest absolute Gasteiger partial charge is 0.288 e. The van der Waals surface area contributed by atoms with E-state index in [0.717, 1.165) is 12.8 Å². The van der Waals surface area contributed by atoms with E-state index in [1.165, 1.54) is 24.5 Å². The van der Waals surface area contributed by atoms with Crippen molar-refractivity contribution in [1.82, 2.24) is 10.3 Å². The number of pyridine rings is 1. The van der Waals surface area contributed by atoms with E-state index in [1.54, 1.807) is 0 Å². The average Bonchev–Trinajstić information content (AvgIpc) is 2.31. The molecule has 0 radical (unpaired) electrons. The van der Waals surface area contributed by atoms with Crippen molar-refractivity contribution in [2.45, 2.75) is 31.2 Å². The second kappa shape index (κ2) is 4.23. The summed E-state index contributed by atoms with van der Waals surface area (Å²) < 4.78 is 27.9. The van der Waals surface area contributed by atoms with Crippen LogP contribution in [0.2, 0.25) is 0 Å². The molecule has 4 heteroatoms. The van der Waals surface area contributed by atoms with Crippen LogP contribution in [0.15, 0.2) is 24.5 Å². The molecule has 82 valence electrons. The number of hydrogen-bond acceptors (Lipinski definition) is 2. The van der Waals surface area contributed by atoms with Gasteiger partial charge in [-0.2, -0.15) is 8.78 Å². The predicted molar refractivity (Wildman–Crippen MR) is 53.8 cm³/mol. The fourth-order valence-corrected chi connectivity index (χ4v) is 1.94. The van der Waals surface area contributed by atoms with E-state index in [0.29, 0.717) is 13.0 Å². The highest BCUT2D eigenvalue weighted by atomic mass is 19.3. The normalized spacial score (nSPS) is 22.7. The molecule has 2 heterocycles. The molecule has 1 aromatic rings. The van der Waals surface area contributed by atoms with Crippen LogP contribution in [-0.4, -0.2) is 17.6 Å². The third kappa shape index (κ3) is 2.15. The Morgan fingerprint density at radius 3 is 2.60 bits per heavy atom. The van der Waals surface area contributed by atoms with Crippen LogP contribution in [0.25, 0.3) is 0 Å². The van der Waals surface area contributed by atoms with E-state index in [2.05, 4.69) is 10.3 Å². The van der Waals surface area contributed by atoms with Crippen LogP contribution >= 0.6 is 0 Å². The predicted octanol–water partition coefficient (Wildman–Crippen LogP) is 2.32. The van der Waals surface area contributed by atoms with Crippen molar-refractivity contribution < 1.29 is 8.78 Å². The molecule has 1 saturated heterocycles. The summed E-state index contributed by atoms with van der Waals surface area (Å²) in [5, 5.41) is 2.89. The van der Waals surface area contributed by atoms with Gasteiger partial charge in [0.1, 0.15) is 0 Å². The van der Waals surface area contributed by atoms with Gasteiger partial charge >= 0.3 is 0 Å². The third-order valence-electron chi connectivity index (χ3n) is 2.81.